The van der Waals surface area contributed by atoms with Crippen molar-refractivity contribution in [2.45, 2.75) is 82.6 Å². The average molecular weight is 443 g/mol. The smallest absolute Gasteiger partial charge is 0.230 e. The van der Waals surface area contributed by atoms with Gasteiger partial charge in [0.05, 0.1) is 5.75 Å². The number of ether oxygens (including phenoxy) is 1. The van der Waals surface area contributed by atoms with Crippen LogP contribution in [-0.4, -0.2) is 32.5 Å². The van der Waals surface area contributed by atoms with Crippen LogP contribution in [0.2, 0.25) is 0 Å². The molecule has 1 aliphatic rings. The molecule has 31 heavy (non-hydrogen) atoms. The molecule has 1 aromatic carbocycles. The van der Waals surface area contributed by atoms with Gasteiger partial charge in [-0.3, -0.25) is 9.36 Å². The molecule has 1 amide bonds. The number of thioether (sulfide) groups is 1. The quantitative estimate of drug-likeness (QED) is 0.315. The summed E-state index contributed by atoms with van der Waals surface area (Å²) < 4.78 is 7.88. The van der Waals surface area contributed by atoms with Crippen molar-refractivity contribution in [3.05, 3.63) is 48.3 Å². The zero-order valence-electron chi connectivity index (χ0n) is 18.7. The third-order valence-corrected chi connectivity index (χ3v) is 6.54. The van der Waals surface area contributed by atoms with E-state index in [0.29, 0.717) is 36.0 Å². The van der Waals surface area contributed by atoms with Gasteiger partial charge in [-0.25, -0.2) is 0 Å². The Kier molecular flexibility index (Phi) is 9.00. The molecule has 7 heteroatoms. The van der Waals surface area contributed by atoms with Crippen LogP contribution in [0.25, 0.3) is 0 Å². The molecule has 0 aliphatic heterocycles. The summed E-state index contributed by atoms with van der Waals surface area (Å²) in [6, 6.07) is 8.45. The second kappa shape index (κ2) is 11.9. The van der Waals surface area contributed by atoms with Gasteiger partial charge in [-0.2, -0.15) is 0 Å². The summed E-state index contributed by atoms with van der Waals surface area (Å²) in [6.45, 7) is 9.07. The molecule has 3 rings (SSSR count). The molecule has 0 bridgehead atoms. The molecule has 1 N–H and O–H groups in total. The van der Waals surface area contributed by atoms with Gasteiger partial charge in [0.15, 0.2) is 11.0 Å². The highest BCUT2D eigenvalue weighted by Gasteiger charge is 2.17. The van der Waals surface area contributed by atoms with E-state index in [1.165, 1.54) is 43.0 Å². The lowest BCUT2D eigenvalue weighted by molar-refractivity contribution is -0.119. The summed E-state index contributed by atoms with van der Waals surface area (Å²) in [7, 11) is 0. The number of hydrogen-bond acceptors (Lipinski definition) is 5. The normalized spacial score (nSPS) is 14.9. The third kappa shape index (κ3) is 7.13. The van der Waals surface area contributed by atoms with Gasteiger partial charge in [-0.05, 0) is 36.5 Å². The van der Waals surface area contributed by atoms with Crippen LogP contribution in [-0.2, 0) is 17.9 Å². The van der Waals surface area contributed by atoms with Gasteiger partial charge in [-0.15, -0.1) is 16.8 Å². The first-order chi connectivity index (χ1) is 15.1. The monoisotopic (exact) mass is 442 g/mol. The van der Waals surface area contributed by atoms with Crippen LogP contribution in [0.1, 0.15) is 69.7 Å². The van der Waals surface area contributed by atoms with E-state index in [-0.39, 0.29) is 5.91 Å². The predicted molar refractivity (Wildman–Crippen MR) is 125 cm³/mol. The zero-order valence-corrected chi connectivity index (χ0v) is 19.5. The molecule has 0 unspecified atom stereocenters. The first kappa shape index (κ1) is 23.4. The van der Waals surface area contributed by atoms with Gasteiger partial charge in [-0.1, -0.05) is 69.5 Å². The van der Waals surface area contributed by atoms with Gasteiger partial charge < -0.3 is 10.1 Å². The molecule has 168 valence electrons. The van der Waals surface area contributed by atoms with E-state index in [1.54, 1.807) is 6.08 Å². The van der Waals surface area contributed by atoms with Crippen molar-refractivity contribution in [3.63, 3.8) is 0 Å². The minimum atomic E-state index is 0.0631. The Bertz CT molecular complexity index is 840. The Morgan fingerprint density at radius 1 is 1.23 bits per heavy atom. The number of nitrogens with one attached hydrogen (secondary N) is 1. The van der Waals surface area contributed by atoms with E-state index in [0.717, 1.165) is 24.4 Å². The molecule has 1 aliphatic carbocycles. The van der Waals surface area contributed by atoms with Crippen molar-refractivity contribution in [1.29, 1.82) is 0 Å². The molecule has 1 aromatic heterocycles. The summed E-state index contributed by atoms with van der Waals surface area (Å²) >= 11 is 1.41. The summed E-state index contributed by atoms with van der Waals surface area (Å²) in [5.74, 6) is 2.41. The third-order valence-electron chi connectivity index (χ3n) is 5.57. The highest BCUT2D eigenvalue weighted by atomic mass is 32.2. The number of carbonyl (C=O) groups excluding carboxylic acids is 1. The lowest BCUT2D eigenvalue weighted by atomic mass is 10.0. The second-order valence-electron chi connectivity index (χ2n) is 8.36. The maximum atomic E-state index is 12.4. The van der Waals surface area contributed by atoms with Crippen molar-refractivity contribution < 1.29 is 9.53 Å². The van der Waals surface area contributed by atoms with Gasteiger partial charge in [0.25, 0.3) is 0 Å². The van der Waals surface area contributed by atoms with Crippen LogP contribution in [0.5, 0.6) is 5.75 Å². The number of aromatic nitrogens is 3. The van der Waals surface area contributed by atoms with Crippen LogP contribution in [0, 0.1) is 0 Å². The number of nitrogens with zero attached hydrogens (tertiary/aromatic N) is 3. The van der Waals surface area contributed by atoms with Crippen LogP contribution >= 0.6 is 11.8 Å². The van der Waals surface area contributed by atoms with Crippen LogP contribution < -0.4 is 10.1 Å². The fraction of sp³-hybridized carbons (Fsp3) is 0.542. The van der Waals surface area contributed by atoms with E-state index >= 15 is 0 Å². The molecule has 0 atom stereocenters. The number of carbonyl (C=O) groups is 1. The van der Waals surface area contributed by atoms with Crippen molar-refractivity contribution in [3.8, 4) is 5.75 Å². The van der Waals surface area contributed by atoms with Crippen LogP contribution in [0.4, 0.5) is 0 Å². The van der Waals surface area contributed by atoms with Gasteiger partial charge in [0.2, 0.25) is 5.91 Å². The maximum Gasteiger partial charge on any atom is 0.230 e. The van der Waals surface area contributed by atoms with Crippen LogP contribution in [0.3, 0.4) is 0 Å². The van der Waals surface area contributed by atoms with Gasteiger partial charge >= 0.3 is 0 Å². The first-order valence-corrected chi connectivity index (χ1v) is 12.2. The van der Waals surface area contributed by atoms with Gasteiger partial charge in [0, 0.05) is 12.6 Å². The highest BCUT2D eigenvalue weighted by Crippen LogP contribution is 2.22. The minimum Gasteiger partial charge on any atom is -0.486 e. The molecule has 1 fully saturated rings. The van der Waals surface area contributed by atoms with E-state index in [2.05, 4.69) is 48.1 Å². The number of amides is 1. The number of rotatable bonds is 10. The fourth-order valence-electron chi connectivity index (χ4n) is 3.76. The summed E-state index contributed by atoms with van der Waals surface area (Å²) in [6.07, 6.45) is 8.94. The topological polar surface area (TPSA) is 69.0 Å². The Hall–Kier alpha value is -2.28. The Morgan fingerprint density at radius 3 is 2.58 bits per heavy atom. The summed E-state index contributed by atoms with van der Waals surface area (Å²) in [4.78, 5) is 12.4. The summed E-state index contributed by atoms with van der Waals surface area (Å²) in [5.41, 5.74) is 1.28. The largest absolute Gasteiger partial charge is 0.486 e. The standard InChI is InChI=1S/C24H34N4O2S/c1-4-15-28-22(16-30-21-13-11-19(12-14-21)18(2)3)26-27-24(28)31-17-23(29)25-20-9-7-5-6-8-10-20/h4,11-14,18,20H,1,5-10,15-17H2,2-3H3,(H,25,29). The zero-order chi connectivity index (χ0) is 22.1. The van der Waals surface area contributed by atoms with Crippen molar-refractivity contribution in [2.75, 3.05) is 5.75 Å². The SMILES string of the molecule is C=CCn1c(COc2ccc(C(C)C)cc2)nnc1SCC(=O)NC1CCCCCC1. The van der Waals surface area contributed by atoms with E-state index in [1.807, 2.05) is 16.7 Å². The number of hydrogen-bond donors (Lipinski definition) is 1. The highest BCUT2D eigenvalue weighted by molar-refractivity contribution is 7.99. The van der Waals surface area contributed by atoms with E-state index in [4.69, 9.17) is 4.74 Å². The molecule has 0 spiro atoms. The molecule has 6 nitrogen and oxygen atoms in total. The molecule has 1 heterocycles. The number of allylic oxidation sites excluding steroid dienone is 1. The Balaban J connectivity index is 1.55. The molecular weight excluding hydrogens is 408 g/mol. The minimum absolute atomic E-state index is 0.0631. The summed E-state index contributed by atoms with van der Waals surface area (Å²) in [5, 5.41) is 12.5. The molecule has 0 saturated heterocycles. The number of benzene rings is 1. The second-order valence-corrected chi connectivity index (χ2v) is 9.30. The van der Waals surface area contributed by atoms with Crippen molar-refractivity contribution >= 4 is 17.7 Å². The Morgan fingerprint density at radius 2 is 1.94 bits per heavy atom. The van der Waals surface area contributed by atoms with Crippen molar-refractivity contribution in [2.24, 2.45) is 0 Å². The van der Waals surface area contributed by atoms with E-state index in [9.17, 15) is 4.79 Å². The predicted octanol–water partition coefficient (Wildman–Crippen LogP) is 5.10. The molecule has 2 aromatic rings. The fourth-order valence-corrected chi connectivity index (χ4v) is 4.54. The van der Waals surface area contributed by atoms with E-state index < -0.39 is 0 Å². The lowest BCUT2D eigenvalue weighted by Crippen LogP contribution is -2.35. The maximum absolute atomic E-state index is 12.4. The Labute approximate surface area is 189 Å². The molecule has 1 saturated carbocycles. The first-order valence-electron chi connectivity index (χ1n) is 11.2. The average Bonchev–Trinajstić information content (AvgIpc) is 2.95. The molecular formula is C24H34N4O2S. The lowest BCUT2D eigenvalue weighted by Gasteiger charge is -2.16. The van der Waals surface area contributed by atoms with Gasteiger partial charge in [0.1, 0.15) is 12.4 Å². The molecule has 0 radical (unpaired) electrons. The van der Waals surface area contributed by atoms with Crippen molar-refractivity contribution in [1.82, 2.24) is 20.1 Å². The van der Waals surface area contributed by atoms with Crippen LogP contribution in [0.15, 0.2) is 42.1 Å².